The maximum Gasteiger partial charge on any atom is 0.414 e. The van der Waals surface area contributed by atoms with Gasteiger partial charge in [0.15, 0.2) is 0 Å². The summed E-state index contributed by atoms with van der Waals surface area (Å²) in [4.78, 5) is 18.2. The molecule has 0 radical (unpaired) electrons. The van der Waals surface area contributed by atoms with Crippen molar-refractivity contribution in [3.05, 3.63) is 13.2 Å². The lowest BCUT2D eigenvalue weighted by Crippen LogP contribution is -2.09. The van der Waals surface area contributed by atoms with Crippen LogP contribution in [0, 0.1) is 0 Å². The van der Waals surface area contributed by atoms with Crippen LogP contribution in [0.4, 0.5) is 0 Å². The fourth-order valence-electron chi connectivity index (χ4n) is 0. The Morgan fingerprint density at radius 2 is 1.12 bits per heavy atom. The van der Waals surface area contributed by atoms with E-state index in [1.54, 1.807) is 0 Å². The van der Waals surface area contributed by atoms with Gasteiger partial charge in [0.2, 0.25) is 0 Å². The van der Waals surface area contributed by atoms with Crippen molar-refractivity contribution in [3.8, 4) is 0 Å². The summed E-state index contributed by atoms with van der Waals surface area (Å²) in [7, 11) is 0. The molecule has 0 aromatic heterocycles. The van der Waals surface area contributed by atoms with Gasteiger partial charge in [-0.1, -0.05) is 0 Å². The lowest BCUT2D eigenvalue weighted by Gasteiger charge is -1.72. The van der Waals surface area contributed by atoms with Gasteiger partial charge in [0.25, 0.3) is 0 Å². The van der Waals surface area contributed by atoms with E-state index in [1.165, 1.54) is 0 Å². The third-order valence-electron chi connectivity index (χ3n) is 0.183. The van der Waals surface area contributed by atoms with Crippen molar-refractivity contribution in [3.63, 3.8) is 0 Å². The van der Waals surface area contributed by atoms with E-state index < -0.39 is 11.9 Å². The predicted octanol–water partition coefficient (Wildman–Crippen LogP) is -0.0422. The number of hydrogen-bond acceptors (Lipinski definition) is 2. The summed E-state index contributed by atoms with van der Waals surface area (Å²) in [6.45, 7) is 6.00. The van der Waals surface area contributed by atoms with Crippen molar-refractivity contribution in [2.45, 2.75) is 0 Å². The van der Waals surface area contributed by atoms with E-state index in [-0.39, 0.29) is 0 Å². The number of carbonyl (C=O) groups is 2. The van der Waals surface area contributed by atoms with Crippen LogP contribution in [0.3, 0.4) is 0 Å². The predicted molar refractivity (Wildman–Crippen MR) is 26.5 cm³/mol. The maximum atomic E-state index is 9.10. The first-order chi connectivity index (χ1) is 3.64. The van der Waals surface area contributed by atoms with Gasteiger partial charge in [0.1, 0.15) is 0 Å². The molecule has 0 aromatic carbocycles. The van der Waals surface area contributed by atoms with Crippen LogP contribution < -0.4 is 0 Å². The largest absolute Gasteiger partial charge is 0.473 e. The van der Waals surface area contributed by atoms with Crippen LogP contribution in [0.15, 0.2) is 13.2 Å². The Hall–Kier alpha value is -1.32. The molecule has 0 aliphatic carbocycles. The summed E-state index contributed by atoms with van der Waals surface area (Å²) in [6, 6.07) is 0. The molecule has 0 fully saturated rings. The Balaban J connectivity index is 0. The third-order valence-corrected chi connectivity index (χ3v) is 0.183. The number of carboxylic acid groups (broad SMARTS) is 2. The van der Waals surface area contributed by atoms with Crippen molar-refractivity contribution in [1.29, 1.82) is 0 Å². The van der Waals surface area contributed by atoms with Gasteiger partial charge in [-0.3, -0.25) is 0 Å². The molecule has 0 aliphatic heterocycles. The van der Waals surface area contributed by atoms with Crippen LogP contribution in [0.25, 0.3) is 0 Å². The third kappa shape index (κ3) is 8.82. The molecule has 0 aliphatic rings. The number of hydrogen-bond donors (Lipinski definition) is 2. The van der Waals surface area contributed by atoms with Gasteiger partial charge in [-0.25, -0.2) is 9.59 Å². The van der Waals surface area contributed by atoms with Crippen LogP contribution in [0.1, 0.15) is 0 Å². The zero-order valence-electron chi connectivity index (χ0n) is 4.13. The second-order valence-corrected chi connectivity index (χ2v) is 0.610. The quantitative estimate of drug-likeness (QED) is 0.345. The highest BCUT2D eigenvalue weighted by Crippen LogP contribution is 1.56. The molecule has 0 unspecified atom stereocenters. The van der Waals surface area contributed by atoms with Crippen LogP contribution in [-0.2, 0) is 9.59 Å². The van der Waals surface area contributed by atoms with Gasteiger partial charge in [-0.15, -0.1) is 13.2 Å². The monoisotopic (exact) mass is 118 g/mol. The molecule has 0 saturated carbocycles. The van der Waals surface area contributed by atoms with Crippen molar-refractivity contribution in [2.75, 3.05) is 0 Å². The second-order valence-electron chi connectivity index (χ2n) is 0.610. The average molecular weight is 118 g/mol. The van der Waals surface area contributed by atoms with E-state index >= 15 is 0 Å². The Bertz CT molecular complexity index is 84.2. The first-order valence-corrected chi connectivity index (χ1v) is 1.61. The Morgan fingerprint density at radius 1 is 1.00 bits per heavy atom. The van der Waals surface area contributed by atoms with Crippen LogP contribution in [-0.4, -0.2) is 22.2 Å². The SMILES string of the molecule is C=C.O=C(O)C(=O)O. The molecule has 0 aromatic rings. The molecule has 0 rings (SSSR count). The number of carboxylic acids is 2. The Morgan fingerprint density at radius 3 is 1.12 bits per heavy atom. The fraction of sp³-hybridized carbons (Fsp3) is 0. The standard InChI is InChI=1S/C2H2O4.C2H4/c3-1(4)2(5)6;1-2/h(H,3,4)(H,5,6);1-2H2. The summed E-state index contributed by atoms with van der Waals surface area (Å²) < 4.78 is 0. The van der Waals surface area contributed by atoms with Gasteiger partial charge in [-0.05, 0) is 0 Å². The van der Waals surface area contributed by atoms with Gasteiger partial charge < -0.3 is 10.2 Å². The van der Waals surface area contributed by atoms with Gasteiger partial charge in [0.05, 0.1) is 0 Å². The van der Waals surface area contributed by atoms with Gasteiger partial charge in [-0.2, -0.15) is 0 Å². The first kappa shape index (κ1) is 9.84. The normalized spacial score (nSPS) is 6.00. The van der Waals surface area contributed by atoms with Crippen LogP contribution >= 0.6 is 0 Å². The zero-order valence-corrected chi connectivity index (χ0v) is 4.13. The smallest absolute Gasteiger partial charge is 0.414 e. The highest BCUT2D eigenvalue weighted by atomic mass is 16.4. The minimum Gasteiger partial charge on any atom is -0.473 e. The maximum absolute atomic E-state index is 9.10. The molecule has 0 bridgehead atoms. The summed E-state index contributed by atoms with van der Waals surface area (Å²) >= 11 is 0. The van der Waals surface area contributed by atoms with E-state index in [2.05, 4.69) is 13.2 Å². The fourth-order valence-corrected chi connectivity index (χ4v) is 0. The molecule has 4 heteroatoms. The minimum absolute atomic E-state index is 1.82. The Kier molecular flexibility index (Phi) is 6.99. The van der Waals surface area contributed by atoms with Crippen LogP contribution in [0.5, 0.6) is 0 Å². The summed E-state index contributed by atoms with van der Waals surface area (Å²) in [5, 5.41) is 14.8. The lowest BCUT2D eigenvalue weighted by molar-refractivity contribution is -0.159. The second kappa shape index (κ2) is 5.68. The molecule has 0 spiro atoms. The molecule has 0 saturated heterocycles. The molecule has 0 atom stereocenters. The summed E-state index contributed by atoms with van der Waals surface area (Å²) in [6.07, 6.45) is 0. The lowest BCUT2D eigenvalue weighted by atomic mass is 10.7. The summed E-state index contributed by atoms with van der Waals surface area (Å²) in [5.41, 5.74) is 0. The van der Waals surface area contributed by atoms with Crippen molar-refractivity contribution >= 4 is 11.9 Å². The molecule has 8 heavy (non-hydrogen) atoms. The molecule has 2 N–H and O–H groups in total. The van der Waals surface area contributed by atoms with E-state index in [9.17, 15) is 0 Å². The minimum atomic E-state index is -1.82. The van der Waals surface area contributed by atoms with E-state index in [4.69, 9.17) is 19.8 Å². The Labute approximate surface area is 46.1 Å². The highest BCUT2D eigenvalue weighted by molar-refractivity contribution is 6.27. The number of rotatable bonds is 0. The van der Waals surface area contributed by atoms with Gasteiger partial charge >= 0.3 is 11.9 Å². The molecular formula is C4H6O4. The molecule has 0 heterocycles. The van der Waals surface area contributed by atoms with E-state index in [1.807, 2.05) is 0 Å². The molecular weight excluding hydrogens is 112 g/mol. The van der Waals surface area contributed by atoms with Crippen molar-refractivity contribution in [2.24, 2.45) is 0 Å². The topological polar surface area (TPSA) is 74.6 Å². The molecule has 4 nitrogen and oxygen atoms in total. The van der Waals surface area contributed by atoms with Crippen molar-refractivity contribution in [1.82, 2.24) is 0 Å². The first-order valence-electron chi connectivity index (χ1n) is 1.61. The molecule has 0 amide bonds. The molecule has 46 valence electrons. The van der Waals surface area contributed by atoms with Crippen LogP contribution in [0.2, 0.25) is 0 Å². The van der Waals surface area contributed by atoms with Gasteiger partial charge in [0, 0.05) is 0 Å². The highest BCUT2D eigenvalue weighted by Gasteiger charge is 2.04. The zero-order chi connectivity index (χ0) is 7.15. The summed E-state index contributed by atoms with van der Waals surface area (Å²) in [5.74, 6) is -3.65. The number of aliphatic carboxylic acids is 2. The van der Waals surface area contributed by atoms with E-state index in [0.717, 1.165) is 0 Å². The van der Waals surface area contributed by atoms with E-state index in [0.29, 0.717) is 0 Å². The average Bonchev–Trinajstić information content (AvgIpc) is 1.72. The van der Waals surface area contributed by atoms with Crippen molar-refractivity contribution < 1.29 is 19.8 Å².